The first-order valence-electron chi connectivity index (χ1n) is 12.2. The van der Waals surface area contributed by atoms with Crippen molar-refractivity contribution in [2.45, 2.75) is 38.9 Å². The molecule has 1 atom stereocenters. The van der Waals surface area contributed by atoms with Crippen LogP contribution in [0.2, 0.25) is 5.02 Å². The summed E-state index contributed by atoms with van der Waals surface area (Å²) in [6.45, 7) is 3.07. The number of carbonyl (C=O) groups is 2. The number of hydrogen-bond acceptors (Lipinski definition) is 4. The Hall–Kier alpha value is -2.95. The summed E-state index contributed by atoms with van der Waals surface area (Å²) in [7, 11) is -3.98. The molecule has 3 rings (SSSR count). The Labute approximate surface area is 242 Å². The van der Waals surface area contributed by atoms with E-state index in [0.29, 0.717) is 0 Å². The van der Waals surface area contributed by atoms with Gasteiger partial charge in [-0.15, -0.1) is 0 Å². The van der Waals surface area contributed by atoms with Crippen molar-refractivity contribution in [1.29, 1.82) is 0 Å². The van der Waals surface area contributed by atoms with E-state index in [1.807, 2.05) is 68.4 Å². The summed E-state index contributed by atoms with van der Waals surface area (Å²) in [5.41, 5.74) is 1.61. The van der Waals surface area contributed by atoms with Crippen molar-refractivity contribution in [1.82, 2.24) is 10.2 Å². The van der Waals surface area contributed by atoms with Gasteiger partial charge in [0, 0.05) is 23.5 Å². The molecule has 0 aliphatic rings. The van der Waals surface area contributed by atoms with E-state index in [1.165, 1.54) is 11.0 Å². The maximum Gasteiger partial charge on any atom is 0.244 e. The minimum Gasteiger partial charge on any atom is -0.352 e. The van der Waals surface area contributed by atoms with Gasteiger partial charge in [0.15, 0.2) is 0 Å². The van der Waals surface area contributed by atoms with Crippen LogP contribution >= 0.6 is 27.5 Å². The number of carbonyl (C=O) groups excluding carboxylic acids is 2. The molecule has 0 bridgehead atoms. The monoisotopic (exact) mass is 637 g/mol. The van der Waals surface area contributed by atoms with E-state index in [9.17, 15) is 22.4 Å². The van der Waals surface area contributed by atoms with Crippen LogP contribution in [0, 0.1) is 5.82 Å². The number of hydrogen-bond donors (Lipinski definition) is 1. The predicted octanol–water partition coefficient (Wildman–Crippen LogP) is 5.17. The third-order valence-corrected chi connectivity index (χ3v) is 7.74. The van der Waals surface area contributed by atoms with Gasteiger partial charge in [0.1, 0.15) is 18.4 Å². The molecular weight excluding hydrogens is 609 g/mol. The lowest BCUT2D eigenvalue weighted by Crippen LogP contribution is -2.54. The Morgan fingerprint density at radius 3 is 2.26 bits per heavy atom. The number of amides is 2. The molecule has 0 unspecified atom stereocenters. The molecule has 7 nitrogen and oxygen atoms in total. The van der Waals surface area contributed by atoms with Gasteiger partial charge in [-0.2, -0.15) is 0 Å². The minimum atomic E-state index is -3.98. The van der Waals surface area contributed by atoms with Gasteiger partial charge >= 0.3 is 0 Å². The van der Waals surface area contributed by atoms with Gasteiger partial charge in [-0.1, -0.05) is 70.0 Å². The van der Waals surface area contributed by atoms with E-state index in [1.54, 1.807) is 0 Å². The fourth-order valence-electron chi connectivity index (χ4n) is 4.02. The summed E-state index contributed by atoms with van der Waals surface area (Å²) in [5.74, 6) is -1.70. The van der Waals surface area contributed by atoms with Gasteiger partial charge < -0.3 is 10.2 Å². The Kier molecular flexibility index (Phi) is 10.5. The van der Waals surface area contributed by atoms with Crippen LogP contribution in [0.1, 0.15) is 25.0 Å². The van der Waals surface area contributed by atoms with Crippen LogP contribution in [-0.2, 0) is 32.6 Å². The number of halogens is 3. The smallest absolute Gasteiger partial charge is 0.244 e. The third kappa shape index (κ3) is 8.78. The van der Waals surface area contributed by atoms with Crippen LogP contribution in [-0.4, -0.2) is 50.0 Å². The number of rotatable bonds is 11. The Balaban J connectivity index is 2.07. The highest BCUT2D eigenvalue weighted by molar-refractivity contribution is 9.10. The number of nitrogens with zero attached hydrogens (tertiary/aromatic N) is 2. The largest absolute Gasteiger partial charge is 0.352 e. The van der Waals surface area contributed by atoms with E-state index in [4.69, 9.17) is 11.6 Å². The molecular formula is C28H30BrClFN3O4S. The van der Waals surface area contributed by atoms with E-state index in [2.05, 4.69) is 21.2 Å². The average molecular weight is 639 g/mol. The van der Waals surface area contributed by atoms with Crippen molar-refractivity contribution in [3.8, 4) is 0 Å². The molecule has 0 radical (unpaired) electrons. The fraction of sp³-hybridized carbons (Fsp3) is 0.286. The van der Waals surface area contributed by atoms with Crippen LogP contribution in [0.3, 0.4) is 0 Å². The Morgan fingerprint density at radius 1 is 1.00 bits per heavy atom. The first-order valence-corrected chi connectivity index (χ1v) is 15.2. The number of benzene rings is 3. The van der Waals surface area contributed by atoms with Crippen LogP contribution in [0.5, 0.6) is 0 Å². The lowest BCUT2D eigenvalue weighted by Gasteiger charge is -2.34. The quantitative estimate of drug-likeness (QED) is 0.314. The molecule has 3 aromatic carbocycles. The first kappa shape index (κ1) is 30.6. The molecule has 0 fully saturated rings. The van der Waals surface area contributed by atoms with Gasteiger partial charge in [0.2, 0.25) is 21.8 Å². The van der Waals surface area contributed by atoms with Crippen molar-refractivity contribution in [2.24, 2.45) is 0 Å². The zero-order chi connectivity index (χ0) is 28.7. The van der Waals surface area contributed by atoms with E-state index >= 15 is 0 Å². The first-order chi connectivity index (χ1) is 18.3. The number of anilines is 1. The lowest BCUT2D eigenvalue weighted by molar-refractivity contribution is -0.140. The summed E-state index contributed by atoms with van der Waals surface area (Å²) in [5, 5.41) is 2.61. The fourth-order valence-corrected chi connectivity index (χ4v) is 5.48. The van der Waals surface area contributed by atoms with Crippen molar-refractivity contribution < 1.29 is 22.4 Å². The highest BCUT2D eigenvalue weighted by atomic mass is 79.9. The summed E-state index contributed by atoms with van der Waals surface area (Å²) in [4.78, 5) is 28.8. The highest BCUT2D eigenvalue weighted by Crippen LogP contribution is 2.25. The second-order valence-corrected chi connectivity index (χ2v) is 12.6. The molecule has 0 heterocycles. The second kappa shape index (κ2) is 13.4. The maximum absolute atomic E-state index is 14.0. The van der Waals surface area contributed by atoms with E-state index in [0.717, 1.165) is 38.3 Å². The van der Waals surface area contributed by atoms with Gasteiger partial charge in [-0.05, 0) is 55.3 Å². The number of nitrogens with one attached hydrogen (secondary N) is 1. The highest BCUT2D eigenvalue weighted by Gasteiger charge is 2.33. The summed E-state index contributed by atoms with van der Waals surface area (Å²) in [6.07, 6.45) is 1.16. The van der Waals surface area contributed by atoms with E-state index in [-0.39, 0.29) is 35.6 Å². The van der Waals surface area contributed by atoms with Crippen molar-refractivity contribution in [2.75, 3.05) is 17.1 Å². The Morgan fingerprint density at radius 2 is 1.67 bits per heavy atom. The summed E-state index contributed by atoms with van der Waals surface area (Å²) in [6, 6.07) is 18.9. The summed E-state index contributed by atoms with van der Waals surface area (Å²) >= 11 is 9.35. The molecule has 0 spiro atoms. The zero-order valence-electron chi connectivity index (χ0n) is 21.8. The molecule has 3 aromatic rings. The van der Waals surface area contributed by atoms with Gasteiger partial charge in [-0.3, -0.25) is 13.9 Å². The molecule has 2 amide bonds. The molecule has 39 heavy (non-hydrogen) atoms. The molecule has 11 heteroatoms. The molecule has 208 valence electrons. The zero-order valence-corrected chi connectivity index (χ0v) is 24.9. The summed E-state index contributed by atoms with van der Waals surface area (Å²) < 4.78 is 41.0. The van der Waals surface area contributed by atoms with Crippen LogP contribution < -0.4 is 9.62 Å². The standard InChI is InChI=1S/C28H30BrClFN3O4S/c1-19(2)32-28(36)26(15-20-8-5-4-6-9-20)33(17-21-10-7-11-22(29)14-21)27(35)18-34(39(3,37)38)23-12-13-25(31)24(30)16-23/h4-14,16,19,26H,15,17-18H2,1-3H3,(H,32,36)/t26-/m0/s1. The molecule has 0 aliphatic carbocycles. The number of sulfonamides is 1. The minimum absolute atomic E-state index is 0.0332. The molecule has 0 aliphatic heterocycles. The predicted molar refractivity (Wildman–Crippen MR) is 156 cm³/mol. The SMILES string of the molecule is CC(C)NC(=O)[C@H](Cc1ccccc1)N(Cc1cccc(Br)c1)C(=O)CN(c1ccc(F)c(Cl)c1)S(C)(=O)=O. The van der Waals surface area contributed by atoms with E-state index < -0.39 is 34.3 Å². The van der Waals surface area contributed by atoms with Crippen LogP contribution in [0.4, 0.5) is 10.1 Å². The molecule has 1 N–H and O–H groups in total. The van der Waals surface area contributed by atoms with Gasteiger partial charge in [-0.25, -0.2) is 12.8 Å². The van der Waals surface area contributed by atoms with Crippen molar-refractivity contribution in [3.63, 3.8) is 0 Å². The van der Waals surface area contributed by atoms with Crippen LogP contribution in [0.25, 0.3) is 0 Å². The third-order valence-electron chi connectivity index (χ3n) is 5.81. The average Bonchev–Trinajstić information content (AvgIpc) is 2.86. The lowest BCUT2D eigenvalue weighted by atomic mass is 10.0. The maximum atomic E-state index is 14.0. The molecule has 0 saturated heterocycles. The van der Waals surface area contributed by atoms with Gasteiger partial charge in [0.25, 0.3) is 0 Å². The van der Waals surface area contributed by atoms with Crippen LogP contribution in [0.15, 0.2) is 77.3 Å². The molecule has 0 saturated carbocycles. The van der Waals surface area contributed by atoms with Crippen molar-refractivity contribution >= 4 is 55.1 Å². The molecule has 0 aromatic heterocycles. The van der Waals surface area contributed by atoms with Crippen molar-refractivity contribution in [3.05, 3.63) is 99.2 Å². The second-order valence-electron chi connectivity index (χ2n) is 9.39. The van der Waals surface area contributed by atoms with Gasteiger partial charge in [0.05, 0.1) is 17.0 Å². The topological polar surface area (TPSA) is 86.8 Å². The Bertz CT molecular complexity index is 1420. The normalized spacial score (nSPS) is 12.2.